The average Bonchev–Trinajstić information content (AvgIpc) is 2.69. The standard InChI is InChI=1S/C13H24N2OS/c1-6-10(4)14-7-11-13(9(2)3)15-12(17-11)8-16-5/h9-10,14H,6-8H2,1-5H3. The normalized spacial score (nSPS) is 13.3. The van der Waals surface area contributed by atoms with Crippen molar-refractivity contribution in [3.63, 3.8) is 0 Å². The SMILES string of the molecule is CCC(C)NCc1sc(COC)nc1C(C)C. The zero-order chi connectivity index (χ0) is 12.8. The van der Waals surface area contributed by atoms with Gasteiger partial charge in [-0.25, -0.2) is 4.98 Å². The van der Waals surface area contributed by atoms with Crippen molar-refractivity contribution in [2.45, 2.75) is 59.2 Å². The van der Waals surface area contributed by atoms with Crippen molar-refractivity contribution in [2.75, 3.05) is 7.11 Å². The van der Waals surface area contributed by atoms with Crippen LogP contribution in [0.5, 0.6) is 0 Å². The maximum atomic E-state index is 5.15. The topological polar surface area (TPSA) is 34.1 Å². The number of methoxy groups -OCH3 is 1. The lowest BCUT2D eigenvalue weighted by molar-refractivity contribution is 0.184. The van der Waals surface area contributed by atoms with Crippen LogP contribution in [0.25, 0.3) is 0 Å². The molecule has 1 aromatic heterocycles. The Hall–Kier alpha value is -0.450. The van der Waals surface area contributed by atoms with Crippen molar-refractivity contribution in [3.8, 4) is 0 Å². The second-order valence-corrected chi connectivity index (χ2v) is 5.86. The maximum Gasteiger partial charge on any atom is 0.119 e. The van der Waals surface area contributed by atoms with Gasteiger partial charge in [0.1, 0.15) is 5.01 Å². The molecule has 0 bridgehead atoms. The summed E-state index contributed by atoms with van der Waals surface area (Å²) in [6, 6.07) is 0.558. The lowest BCUT2D eigenvalue weighted by Crippen LogP contribution is -2.24. The highest BCUT2D eigenvalue weighted by Gasteiger charge is 2.14. The minimum absolute atomic E-state index is 0.477. The van der Waals surface area contributed by atoms with Gasteiger partial charge < -0.3 is 10.1 Å². The van der Waals surface area contributed by atoms with Gasteiger partial charge in [0.15, 0.2) is 0 Å². The summed E-state index contributed by atoms with van der Waals surface area (Å²) in [5, 5.41) is 4.61. The number of hydrogen-bond acceptors (Lipinski definition) is 4. The number of nitrogens with zero attached hydrogens (tertiary/aromatic N) is 1. The van der Waals surface area contributed by atoms with E-state index >= 15 is 0 Å². The highest BCUT2D eigenvalue weighted by Crippen LogP contribution is 2.25. The Morgan fingerprint density at radius 1 is 1.35 bits per heavy atom. The fourth-order valence-corrected chi connectivity index (χ4v) is 2.73. The number of ether oxygens (including phenoxy) is 1. The molecule has 0 radical (unpaired) electrons. The fourth-order valence-electron chi connectivity index (χ4n) is 1.59. The summed E-state index contributed by atoms with van der Waals surface area (Å²) in [7, 11) is 1.72. The van der Waals surface area contributed by atoms with Crippen molar-refractivity contribution < 1.29 is 4.74 Å². The second kappa shape index (κ2) is 7.09. The number of nitrogens with one attached hydrogen (secondary N) is 1. The molecule has 0 fully saturated rings. The molecule has 17 heavy (non-hydrogen) atoms. The molecule has 1 heterocycles. The molecule has 0 aliphatic carbocycles. The largest absolute Gasteiger partial charge is 0.378 e. The van der Waals surface area contributed by atoms with Crippen LogP contribution in [0.2, 0.25) is 0 Å². The number of aromatic nitrogens is 1. The highest BCUT2D eigenvalue weighted by molar-refractivity contribution is 7.11. The molecule has 3 nitrogen and oxygen atoms in total. The van der Waals surface area contributed by atoms with Gasteiger partial charge in [-0.05, 0) is 19.3 Å². The molecule has 0 saturated heterocycles. The lowest BCUT2D eigenvalue weighted by atomic mass is 10.1. The maximum absolute atomic E-state index is 5.15. The Labute approximate surface area is 109 Å². The Morgan fingerprint density at radius 3 is 2.59 bits per heavy atom. The van der Waals surface area contributed by atoms with Crippen molar-refractivity contribution in [1.82, 2.24) is 10.3 Å². The summed E-state index contributed by atoms with van der Waals surface area (Å²) in [6.45, 7) is 10.3. The molecule has 4 heteroatoms. The molecule has 0 aliphatic heterocycles. The van der Waals surface area contributed by atoms with Gasteiger partial charge in [0.2, 0.25) is 0 Å². The van der Waals surface area contributed by atoms with E-state index < -0.39 is 0 Å². The van der Waals surface area contributed by atoms with Crippen LogP contribution >= 0.6 is 11.3 Å². The average molecular weight is 256 g/mol. The second-order valence-electron chi connectivity index (χ2n) is 4.69. The predicted molar refractivity (Wildman–Crippen MR) is 73.5 cm³/mol. The lowest BCUT2D eigenvalue weighted by Gasteiger charge is -2.11. The third-order valence-electron chi connectivity index (χ3n) is 2.81. The quantitative estimate of drug-likeness (QED) is 0.813. The van der Waals surface area contributed by atoms with Gasteiger partial charge in [-0.1, -0.05) is 20.8 Å². The summed E-state index contributed by atoms with van der Waals surface area (Å²) in [5.74, 6) is 0.477. The first-order valence-corrected chi connectivity index (χ1v) is 7.10. The van der Waals surface area contributed by atoms with Gasteiger partial charge >= 0.3 is 0 Å². The highest BCUT2D eigenvalue weighted by atomic mass is 32.1. The van der Waals surface area contributed by atoms with Gasteiger partial charge in [0.25, 0.3) is 0 Å². The zero-order valence-electron chi connectivity index (χ0n) is 11.5. The molecule has 0 amide bonds. The molecule has 1 N–H and O–H groups in total. The summed E-state index contributed by atoms with van der Waals surface area (Å²) < 4.78 is 5.15. The third-order valence-corrected chi connectivity index (χ3v) is 3.85. The van der Waals surface area contributed by atoms with E-state index in [4.69, 9.17) is 4.74 Å². The van der Waals surface area contributed by atoms with Crippen LogP contribution in [0.15, 0.2) is 0 Å². The molecule has 0 saturated carbocycles. The summed E-state index contributed by atoms with van der Waals surface area (Å²) in [4.78, 5) is 6.01. The summed E-state index contributed by atoms with van der Waals surface area (Å²) >= 11 is 1.77. The van der Waals surface area contributed by atoms with Crippen LogP contribution in [0.1, 0.15) is 55.6 Å². The molecule has 0 spiro atoms. The molecule has 0 aliphatic rings. The van der Waals surface area contributed by atoms with Crippen molar-refractivity contribution >= 4 is 11.3 Å². The Balaban J connectivity index is 2.73. The van der Waals surface area contributed by atoms with Crippen molar-refractivity contribution in [2.24, 2.45) is 0 Å². The van der Waals surface area contributed by atoms with E-state index in [0.29, 0.717) is 18.6 Å². The first-order valence-electron chi connectivity index (χ1n) is 6.29. The molecule has 1 unspecified atom stereocenters. The fraction of sp³-hybridized carbons (Fsp3) is 0.769. The van der Waals surface area contributed by atoms with Gasteiger partial charge in [-0.3, -0.25) is 0 Å². The number of thiazole rings is 1. The molecule has 1 rings (SSSR count). The van der Waals surface area contributed by atoms with E-state index in [9.17, 15) is 0 Å². The predicted octanol–water partition coefficient (Wildman–Crippen LogP) is 3.30. The van der Waals surface area contributed by atoms with E-state index in [1.807, 2.05) is 0 Å². The smallest absolute Gasteiger partial charge is 0.119 e. The molecule has 0 aromatic carbocycles. The Bertz CT molecular complexity index is 336. The first kappa shape index (κ1) is 14.6. The Morgan fingerprint density at radius 2 is 2.06 bits per heavy atom. The summed E-state index contributed by atoms with van der Waals surface area (Å²) in [5.41, 5.74) is 1.22. The van der Waals surface area contributed by atoms with Gasteiger partial charge in [0.05, 0.1) is 12.3 Å². The first-order chi connectivity index (χ1) is 8.08. The van der Waals surface area contributed by atoms with Crippen molar-refractivity contribution in [1.29, 1.82) is 0 Å². The molecule has 1 aromatic rings. The van der Waals surface area contributed by atoms with E-state index in [1.54, 1.807) is 18.4 Å². The minimum atomic E-state index is 0.477. The van der Waals surface area contributed by atoms with E-state index in [-0.39, 0.29) is 0 Å². The molecule has 98 valence electrons. The van der Waals surface area contributed by atoms with Crippen LogP contribution in [-0.2, 0) is 17.9 Å². The zero-order valence-corrected chi connectivity index (χ0v) is 12.4. The monoisotopic (exact) mass is 256 g/mol. The van der Waals surface area contributed by atoms with E-state index in [1.165, 1.54) is 10.6 Å². The molecular weight excluding hydrogens is 232 g/mol. The minimum Gasteiger partial charge on any atom is -0.378 e. The van der Waals surface area contributed by atoms with Crippen LogP contribution in [0.4, 0.5) is 0 Å². The van der Waals surface area contributed by atoms with Gasteiger partial charge in [-0.2, -0.15) is 0 Å². The van der Waals surface area contributed by atoms with Crippen LogP contribution in [-0.4, -0.2) is 18.1 Å². The van der Waals surface area contributed by atoms with E-state index in [0.717, 1.165) is 18.0 Å². The van der Waals surface area contributed by atoms with E-state index in [2.05, 4.69) is 38.0 Å². The van der Waals surface area contributed by atoms with Gasteiger partial charge in [0, 0.05) is 24.6 Å². The number of rotatable bonds is 7. The summed E-state index contributed by atoms with van der Waals surface area (Å²) in [6.07, 6.45) is 1.15. The van der Waals surface area contributed by atoms with Crippen LogP contribution in [0.3, 0.4) is 0 Å². The van der Waals surface area contributed by atoms with Crippen LogP contribution in [0, 0.1) is 0 Å². The molecular formula is C13H24N2OS. The third kappa shape index (κ3) is 4.37. The van der Waals surface area contributed by atoms with Crippen LogP contribution < -0.4 is 5.32 Å². The number of hydrogen-bond donors (Lipinski definition) is 1. The van der Waals surface area contributed by atoms with Gasteiger partial charge in [-0.15, -0.1) is 11.3 Å². The Kier molecular flexibility index (Phi) is 6.09. The molecule has 1 atom stereocenters. The van der Waals surface area contributed by atoms with Crippen molar-refractivity contribution in [3.05, 3.63) is 15.6 Å².